The standard InChI is InChI=1S/C23H26N2OSi/c1-6-17-9-7-8-10-18(17)13-16-21-22(23(25-24-21)27(3,4)5)19-11-14-20(26-2)15-12-19/h1,7-12,14-15H,13,16H2,2-5H3,(H,24,25). The molecule has 1 N–H and O–H groups in total. The van der Waals surface area contributed by atoms with Gasteiger partial charge >= 0.3 is 0 Å². The minimum absolute atomic E-state index is 0.862. The highest BCUT2D eigenvalue weighted by Crippen LogP contribution is 2.26. The number of hydrogen-bond acceptors (Lipinski definition) is 2. The minimum Gasteiger partial charge on any atom is -0.497 e. The number of hydrogen-bond donors (Lipinski definition) is 1. The number of nitrogens with zero attached hydrogens (tertiary/aromatic N) is 1. The van der Waals surface area contributed by atoms with Crippen molar-refractivity contribution in [2.75, 3.05) is 7.11 Å². The zero-order valence-electron chi connectivity index (χ0n) is 16.5. The van der Waals surface area contributed by atoms with Gasteiger partial charge in [0, 0.05) is 16.8 Å². The molecule has 0 bridgehead atoms. The maximum atomic E-state index is 5.65. The van der Waals surface area contributed by atoms with Crippen molar-refractivity contribution in [2.24, 2.45) is 0 Å². The van der Waals surface area contributed by atoms with Crippen LogP contribution in [0.3, 0.4) is 0 Å². The van der Waals surface area contributed by atoms with Crippen LogP contribution in [0, 0.1) is 12.3 Å². The summed E-state index contributed by atoms with van der Waals surface area (Å²) in [6, 6.07) is 16.4. The SMILES string of the molecule is C#Cc1ccccc1CCc1[nH]nc([Si](C)(C)C)c1-c1ccc(OC)cc1. The third-order valence-corrected chi connectivity index (χ3v) is 6.53. The van der Waals surface area contributed by atoms with Crippen molar-refractivity contribution in [3.63, 3.8) is 0 Å². The minimum atomic E-state index is -1.59. The molecule has 0 atom stereocenters. The van der Waals surface area contributed by atoms with Gasteiger partial charge in [-0.3, -0.25) is 5.10 Å². The van der Waals surface area contributed by atoms with Crippen molar-refractivity contribution in [1.82, 2.24) is 10.2 Å². The van der Waals surface area contributed by atoms with Gasteiger partial charge in [-0.1, -0.05) is 55.9 Å². The van der Waals surface area contributed by atoms with Crippen LogP contribution in [0.25, 0.3) is 11.1 Å². The Bertz CT molecular complexity index is 959. The van der Waals surface area contributed by atoms with Gasteiger partial charge in [0.2, 0.25) is 0 Å². The Morgan fingerprint density at radius 3 is 2.37 bits per heavy atom. The van der Waals surface area contributed by atoms with Gasteiger partial charge in [-0.25, -0.2) is 0 Å². The van der Waals surface area contributed by atoms with E-state index in [9.17, 15) is 0 Å². The number of benzene rings is 2. The Morgan fingerprint density at radius 2 is 1.74 bits per heavy atom. The number of methoxy groups -OCH3 is 1. The van der Waals surface area contributed by atoms with Crippen molar-refractivity contribution in [2.45, 2.75) is 32.5 Å². The number of ether oxygens (including phenoxy) is 1. The summed E-state index contributed by atoms with van der Waals surface area (Å²) < 4.78 is 5.31. The highest BCUT2D eigenvalue weighted by Gasteiger charge is 2.26. The predicted molar refractivity (Wildman–Crippen MR) is 115 cm³/mol. The van der Waals surface area contributed by atoms with Gasteiger partial charge in [-0.05, 0) is 42.2 Å². The number of terminal acetylenes is 1. The van der Waals surface area contributed by atoms with Crippen LogP contribution in [0.4, 0.5) is 0 Å². The number of nitrogens with one attached hydrogen (secondary N) is 1. The number of aryl methyl sites for hydroxylation is 2. The first-order chi connectivity index (χ1) is 12.9. The van der Waals surface area contributed by atoms with Gasteiger partial charge in [0.25, 0.3) is 0 Å². The van der Waals surface area contributed by atoms with Crippen LogP contribution in [0.2, 0.25) is 19.6 Å². The number of aromatic amines is 1. The Balaban J connectivity index is 1.98. The second kappa shape index (κ2) is 7.85. The van der Waals surface area contributed by atoms with E-state index in [0.29, 0.717) is 0 Å². The maximum absolute atomic E-state index is 5.65. The van der Waals surface area contributed by atoms with E-state index in [1.54, 1.807) is 7.11 Å². The molecule has 0 unspecified atom stereocenters. The van der Waals surface area contributed by atoms with Crippen LogP contribution in [0.1, 0.15) is 16.8 Å². The van der Waals surface area contributed by atoms with Gasteiger partial charge in [0.05, 0.1) is 12.4 Å². The van der Waals surface area contributed by atoms with E-state index in [1.807, 2.05) is 30.3 Å². The molecule has 0 aliphatic carbocycles. The van der Waals surface area contributed by atoms with E-state index in [4.69, 9.17) is 16.3 Å². The summed E-state index contributed by atoms with van der Waals surface area (Å²) in [6.07, 6.45) is 7.41. The van der Waals surface area contributed by atoms with Crippen LogP contribution in [-0.2, 0) is 12.8 Å². The third-order valence-electron chi connectivity index (χ3n) is 4.75. The average Bonchev–Trinajstić information content (AvgIpc) is 3.11. The lowest BCUT2D eigenvalue weighted by Gasteiger charge is -2.16. The average molecular weight is 375 g/mol. The van der Waals surface area contributed by atoms with Crippen molar-refractivity contribution >= 4 is 13.4 Å². The Labute approximate surface area is 162 Å². The van der Waals surface area contributed by atoms with Crippen LogP contribution in [0.5, 0.6) is 5.75 Å². The molecule has 2 aromatic carbocycles. The maximum Gasteiger partial charge on any atom is 0.118 e. The van der Waals surface area contributed by atoms with Gasteiger partial charge in [0.1, 0.15) is 13.8 Å². The normalized spacial score (nSPS) is 11.2. The van der Waals surface area contributed by atoms with E-state index in [0.717, 1.165) is 24.2 Å². The highest BCUT2D eigenvalue weighted by atomic mass is 28.3. The van der Waals surface area contributed by atoms with Crippen LogP contribution in [-0.4, -0.2) is 25.4 Å². The number of rotatable bonds is 6. The quantitative estimate of drug-likeness (QED) is 0.513. The van der Waals surface area contributed by atoms with Gasteiger partial charge in [0.15, 0.2) is 0 Å². The summed E-state index contributed by atoms with van der Waals surface area (Å²) in [6.45, 7) is 6.98. The molecule has 3 aromatic rings. The lowest BCUT2D eigenvalue weighted by molar-refractivity contribution is 0.415. The van der Waals surface area contributed by atoms with E-state index >= 15 is 0 Å². The lowest BCUT2D eigenvalue weighted by atomic mass is 9.99. The second-order valence-corrected chi connectivity index (χ2v) is 12.7. The molecule has 0 aliphatic rings. The summed E-state index contributed by atoms with van der Waals surface area (Å²) in [5.41, 5.74) is 5.76. The van der Waals surface area contributed by atoms with E-state index in [1.165, 1.54) is 27.7 Å². The fourth-order valence-electron chi connectivity index (χ4n) is 3.31. The summed E-state index contributed by atoms with van der Waals surface area (Å²) >= 11 is 0. The fourth-order valence-corrected chi connectivity index (χ4v) is 4.75. The third kappa shape index (κ3) is 4.15. The summed E-state index contributed by atoms with van der Waals surface area (Å²) in [5, 5.41) is 9.26. The van der Waals surface area contributed by atoms with Crippen LogP contribution in [0.15, 0.2) is 48.5 Å². The van der Waals surface area contributed by atoms with Crippen LogP contribution < -0.4 is 10.1 Å². The van der Waals surface area contributed by atoms with Crippen molar-refractivity contribution in [3.8, 4) is 29.2 Å². The monoisotopic (exact) mass is 374 g/mol. The Kier molecular flexibility index (Phi) is 5.53. The molecule has 1 heterocycles. The molecule has 0 saturated heterocycles. The molecule has 0 fully saturated rings. The predicted octanol–water partition coefficient (Wildman–Crippen LogP) is 4.40. The molecule has 1 aromatic heterocycles. The summed E-state index contributed by atoms with van der Waals surface area (Å²) in [7, 11) is 0.0954. The van der Waals surface area contributed by atoms with Crippen molar-refractivity contribution in [1.29, 1.82) is 0 Å². The van der Waals surface area contributed by atoms with Crippen molar-refractivity contribution < 1.29 is 4.74 Å². The highest BCUT2D eigenvalue weighted by molar-refractivity contribution is 6.89. The van der Waals surface area contributed by atoms with Crippen molar-refractivity contribution in [3.05, 3.63) is 65.4 Å². The van der Waals surface area contributed by atoms with Gasteiger partial charge in [-0.2, -0.15) is 5.10 Å². The second-order valence-electron chi connectivity index (χ2n) is 7.71. The number of H-pyrrole nitrogens is 1. The molecule has 3 nitrogen and oxygen atoms in total. The molecular weight excluding hydrogens is 348 g/mol. The molecule has 0 spiro atoms. The smallest absolute Gasteiger partial charge is 0.118 e. The van der Waals surface area contributed by atoms with E-state index in [2.05, 4.69) is 48.9 Å². The van der Waals surface area contributed by atoms with Gasteiger partial charge < -0.3 is 4.74 Å². The first-order valence-electron chi connectivity index (χ1n) is 9.20. The largest absolute Gasteiger partial charge is 0.497 e. The Morgan fingerprint density at radius 1 is 1.04 bits per heavy atom. The van der Waals surface area contributed by atoms with E-state index < -0.39 is 8.07 Å². The van der Waals surface area contributed by atoms with E-state index in [-0.39, 0.29) is 0 Å². The van der Waals surface area contributed by atoms with Crippen LogP contribution >= 0.6 is 0 Å². The first kappa shape index (κ1) is 19.0. The molecule has 138 valence electrons. The lowest BCUT2D eigenvalue weighted by Crippen LogP contribution is -2.40. The molecule has 0 radical (unpaired) electrons. The zero-order valence-corrected chi connectivity index (χ0v) is 17.5. The molecule has 0 amide bonds. The Hall–Kier alpha value is -2.77. The van der Waals surface area contributed by atoms with Gasteiger partial charge in [-0.15, -0.1) is 6.42 Å². The molecule has 4 heteroatoms. The zero-order chi connectivity index (χ0) is 19.4. The fraction of sp³-hybridized carbons (Fsp3) is 0.261. The molecule has 0 aliphatic heterocycles. The summed E-state index contributed by atoms with van der Waals surface area (Å²) in [4.78, 5) is 0. The molecule has 3 rings (SSSR count). The molecular formula is C23H26N2OSi. The first-order valence-corrected chi connectivity index (χ1v) is 12.7. The topological polar surface area (TPSA) is 37.9 Å². The number of aromatic nitrogens is 2. The molecule has 0 saturated carbocycles. The molecule has 27 heavy (non-hydrogen) atoms. The summed E-state index contributed by atoms with van der Waals surface area (Å²) in [5.74, 6) is 3.65.